The number of hydrogen-bond donors (Lipinski definition) is 0. The van der Waals surface area contributed by atoms with Crippen molar-refractivity contribution < 1.29 is 34.1 Å². The van der Waals surface area contributed by atoms with Gasteiger partial charge in [0.05, 0.1) is 0 Å². The van der Waals surface area contributed by atoms with Crippen molar-refractivity contribution in [3.05, 3.63) is 31.7 Å². The molecule has 20 heavy (non-hydrogen) atoms. The van der Waals surface area contributed by atoms with Gasteiger partial charge in [0.25, 0.3) is 0 Å². The molecular formula is C19H43Y-. The SMILES string of the molecule is C1=CCC=C1.CC.CC.CCC(C)(C)CC.[3H]CC.[CH3-].[Y]. The van der Waals surface area contributed by atoms with Crippen molar-refractivity contribution >= 4 is 0 Å². The molecule has 0 saturated carbocycles. The Labute approximate surface area is 159 Å². The van der Waals surface area contributed by atoms with E-state index in [1.165, 1.54) is 12.8 Å². The Bertz CT molecular complexity index is 156. The Balaban J connectivity index is -0.0000000359. The van der Waals surface area contributed by atoms with Crippen LogP contribution in [0.3, 0.4) is 0 Å². The minimum absolute atomic E-state index is 0. The van der Waals surface area contributed by atoms with Crippen LogP contribution < -0.4 is 0 Å². The van der Waals surface area contributed by atoms with Crippen LogP contribution in [-0.2, 0) is 32.7 Å². The molecule has 0 atom stereocenters. The van der Waals surface area contributed by atoms with E-state index in [9.17, 15) is 0 Å². The second kappa shape index (κ2) is 36.7. The number of hydrogen-bond acceptors (Lipinski definition) is 0. The van der Waals surface area contributed by atoms with E-state index in [1.54, 1.807) is 6.92 Å². The maximum Gasteiger partial charge on any atom is 0.0228 e. The Morgan fingerprint density at radius 1 is 0.900 bits per heavy atom. The standard InChI is InChI=1S/C7H16.C5H6.3C2H6.CH3.Y/c1-5-7(3,4)6-2;1-2-4-5-3-1;3*1-2;;/h5-6H2,1-4H3;1-4H,5H2;3*1-2H3;1H3;/q;;;;;-1;/i;;1T;;;;. The molecule has 123 valence electrons. The molecule has 1 heteroatoms. The normalized spacial score (nSPS) is 10.2. The molecule has 0 fully saturated rings. The first kappa shape index (κ1) is 32.5. The third kappa shape index (κ3) is 42.8. The van der Waals surface area contributed by atoms with Gasteiger partial charge in [0.2, 0.25) is 0 Å². The van der Waals surface area contributed by atoms with Gasteiger partial charge in [-0.3, -0.25) is 0 Å². The Kier molecular flexibility index (Phi) is 59.6. The van der Waals surface area contributed by atoms with Crippen LogP contribution >= 0.6 is 0 Å². The van der Waals surface area contributed by atoms with Crippen LogP contribution in [0.1, 0.15) is 89.8 Å². The van der Waals surface area contributed by atoms with Gasteiger partial charge in [-0.1, -0.05) is 106 Å². The Morgan fingerprint density at radius 2 is 1.15 bits per heavy atom. The van der Waals surface area contributed by atoms with E-state index in [4.69, 9.17) is 1.37 Å². The molecular weight excluding hydrogens is 317 g/mol. The van der Waals surface area contributed by atoms with Gasteiger partial charge in [0.1, 0.15) is 0 Å². The van der Waals surface area contributed by atoms with Gasteiger partial charge >= 0.3 is 0 Å². The third-order valence-corrected chi connectivity index (χ3v) is 2.57. The van der Waals surface area contributed by atoms with Gasteiger partial charge in [-0.05, 0) is 11.8 Å². The average molecular weight is 362 g/mol. The molecule has 0 amide bonds. The first-order valence-corrected chi connectivity index (χ1v) is 7.64. The van der Waals surface area contributed by atoms with Crippen LogP contribution in [0.25, 0.3) is 0 Å². The van der Waals surface area contributed by atoms with Crippen LogP contribution in [-0.4, -0.2) is 0 Å². The number of allylic oxidation sites excluding steroid dienone is 4. The molecule has 1 aliphatic carbocycles. The molecule has 0 aliphatic heterocycles. The monoisotopic (exact) mass is 362 g/mol. The van der Waals surface area contributed by atoms with Crippen LogP contribution in [0.5, 0.6) is 0 Å². The zero-order valence-electron chi connectivity index (χ0n) is 17.2. The smallest absolute Gasteiger partial charge is 0.0228 e. The largest absolute Gasteiger partial charge is 0.358 e. The van der Waals surface area contributed by atoms with Gasteiger partial charge in [0.15, 0.2) is 0 Å². The van der Waals surface area contributed by atoms with E-state index in [2.05, 4.69) is 52.0 Å². The summed E-state index contributed by atoms with van der Waals surface area (Å²) >= 11 is 0. The van der Waals surface area contributed by atoms with Crippen LogP contribution in [0.4, 0.5) is 0 Å². The zero-order chi connectivity index (χ0) is 16.2. The van der Waals surface area contributed by atoms with Gasteiger partial charge in [-0.15, -0.1) is 0 Å². The maximum absolute atomic E-state index is 6.21. The Morgan fingerprint density at radius 3 is 1.20 bits per heavy atom. The van der Waals surface area contributed by atoms with Crippen LogP contribution in [0.2, 0.25) is 0 Å². The fourth-order valence-corrected chi connectivity index (χ4v) is 0.643. The summed E-state index contributed by atoms with van der Waals surface area (Å²) in [7, 11) is 0. The van der Waals surface area contributed by atoms with Crippen molar-refractivity contribution in [1.82, 2.24) is 0 Å². The van der Waals surface area contributed by atoms with E-state index < -0.39 is 0 Å². The van der Waals surface area contributed by atoms with Crippen molar-refractivity contribution in [3.63, 3.8) is 0 Å². The first-order chi connectivity index (χ1) is 9.04. The molecule has 1 radical (unpaired) electrons. The van der Waals surface area contributed by atoms with Crippen molar-refractivity contribution in [1.29, 1.82) is 0 Å². The Hall–Kier alpha value is 0.584. The van der Waals surface area contributed by atoms with Gasteiger partial charge < -0.3 is 7.43 Å². The van der Waals surface area contributed by atoms with E-state index in [1.807, 2.05) is 27.7 Å². The minimum atomic E-state index is 0. The fourth-order valence-electron chi connectivity index (χ4n) is 0.643. The molecule has 0 nitrogen and oxygen atoms in total. The van der Waals surface area contributed by atoms with Gasteiger partial charge in [0, 0.05) is 34.1 Å². The molecule has 1 rings (SSSR count). The molecule has 0 heterocycles. The summed E-state index contributed by atoms with van der Waals surface area (Å²) in [5, 5.41) is 0. The predicted molar refractivity (Wildman–Crippen MR) is 97.7 cm³/mol. The van der Waals surface area contributed by atoms with Crippen molar-refractivity contribution in [2.24, 2.45) is 5.41 Å². The average Bonchev–Trinajstić information content (AvgIpc) is 3.03. The molecule has 0 N–H and O–H groups in total. The molecule has 0 bridgehead atoms. The zero-order valence-corrected chi connectivity index (χ0v) is 19.1. The second-order valence-corrected chi connectivity index (χ2v) is 3.96. The summed E-state index contributed by atoms with van der Waals surface area (Å²) in [6.07, 6.45) is 12.1. The van der Waals surface area contributed by atoms with Gasteiger partial charge in [-0.2, -0.15) is 0 Å². The molecule has 0 aromatic carbocycles. The molecule has 0 aromatic heterocycles. The van der Waals surface area contributed by atoms with E-state index in [0.717, 1.165) is 6.42 Å². The minimum Gasteiger partial charge on any atom is -0.358 e. The van der Waals surface area contributed by atoms with E-state index >= 15 is 0 Å². The first-order valence-electron chi connectivity index (χ1n) is 8.35. The topological polar surface area (TPSA) is 0 Å². The van der Waals surface area contributed by atoms with Crippen LogP contribution in [0, 0.1) is 12.8 Å². The maximum atomic E-state index is 6.21. The second-order valence-electron chi connectivity index (χ2n) is 3.96. The summed E-state index contributed by atoms with van der Waals surface area (Å²) in [6.45, 7) is 19.4. The third-order valence-electron chi connectivity index (χ3n) is 2.57. The summed E-state index contributed by atoms with van der Waals surface area (Å²) in [5.41, 5.74) is 0.583. The van der Waals surface area contributed by atoms with Crippen molar-refractivity contribution in [2.45, 2.75) is 88.5 Å². The van der Waals surface area contributed by atoms with Crippen molar-refractivity contribution in [3.8, 4) is 0 Å². The predicted octanol–water partition coefficient (Wildman–Crippen LogP) is 7.86. The molecule has 0 unspecified atom stereocenters. The quantitative estimate of drug-likeness (QED) is 0.439. The molecule has 0 aromatic rings. The van der Waals surface area contributed by atoms with E-state index in [0.29, 0.717) is 12.3 Å². The molecule has 0 saturated heterocycles. The van der Waals surface area contributed by atoms with Crippen LogP contribution in [0.15, 0.2) is 24.3 Å². The summed E-state index contributed by atoms with van der Waals surface area (Å²) in [5.74, 6) is 0. The molecule has 1 aliphatic rings. The van der Waals surface area contributed by atoms with Crippen molar-refractivity contribution in [2.75, 3.05) is 0 Å². The fraction of sp³-hybridized carbons (Fsp3) is 0.737. The summed E-state index contributed by atoms with van der Waals surface area (Å²) in [4.78, 5) is 0. The molecule has 0 spiro atoms. The van der Waals surface area contributed by atoms with E-state index in [-0.39, 0.29) is 40.1 Å². The van der Waals surface area contributed by atoms with Gasteiger partial charge in [-0.25, -0.2) is 0 Å². The number of rotatable bonds is 2. The summed E-state index contributed by atoms with van der Waals surface area (Å²) < 4.78 is 6.21. The summed E-state index contributed by atoms with van der Waals surface area (Å²) in [6, 6.07) is 0.